The number of nitrogens with zero attached hydrogens (tertiary/aromatic N) is 2. The van der Waals surface area contributed by atoms with Gasteiger partial charge in [-0.3, -0.25) is 9.20 Å². The minimum Gasteiger partial charge on any atom is -0.493 e. The lowest BCUT2D eigenvalue weighted by atomic mass is 9.49. The molecule has 1 N–H and O–H groups in total. The van der Waals surface area contributed by atoms with Gasteiger partial charge >= 0.3 is 5.97 Å². The highest BCUT2D eigenvalue weighted by molar-refractivity contribution is 5.82. The molecular formula is C31H37N3O3. The molecule has 0 atom stereocenters. The highest BCUT2D eigenvalue weighted by atomic mass is 16.6. The summed E-state index contributed by atoms with van der Waals surface area (Å²) in [6.45, 7) is 0. The van der Waals surface area contributed by atoms with E-state index in [2.05, 4.69) is 15.9 Å². The van der Waals surface area contributed by atoms with Crippen LogP contribution < -0.4 is 14.8 Å². The van der Waals surface area contributed by atoms with Crippen LogP contribution in [0.25, 0.3) is 16.9 Å². The van der Waals surface area contributed by atoms with Gasteiger partial charge in [0.1, 0.15) is 17.2 Å². The zero-order valence-corrected chi connectivity index (χ0v) is 21.7. The number of pyridine rings is 1. The van der Waals surface area contributed by atoms with Crippen LogP contribution in [0.4, 0.5) is 5.82 Å². The van der Waals surface area contributed by atoms with E-state index < -0.39 is 0 Å². The van der Waals surface area contributed by atoms with Crippen molar-refractivity contribution in [3.8, 4) is 22.8 Å². The van der Waals surface area contributed by atoms with Crippen molar-refractivity contribution in [2.75, 3.05) is 12.4 Å². The number of fused-ring (bicyclic) bond motifs is 1. The van der Waals surface area contributed by atoms with Gasteiger partial charge in [-0.25, -0.2) is 4.98 Å². The standard InChI is InChI=1S/C31H37N3O3/c1-36-26-16-23(28-29(32-24-7-3-2-4-8-24)34-12-6-5-9-27(34)33-28)10-11-25(26)37-30(35)31-17-20-13-21(18-31)15-22(14-20)19-31/h5-6,9-12,16,20-22,24,32H,2-4,7-8,13-15,17-19H2,1H3. The molecule has 0 amide bonds. The first-order valence-corrected chi connectivity index (χ1v) is 14.2. The lowest BCUT2D eigenvalue weighted by Crippen LogP contribution is -2.51. The number of benzene rings is 1. The van der Waals surface area contributed by atoms with Crippen LogP contribution in [0.3, 0.4) is 0 Å². The summed E-state index contributed by atoms with van der Waals surface area (Å²) in [4.78, 5) is 18.6. The molecule has 37 heavy (non-hydrogen) atoms. The van der Waals surface area contributed by atoms with Gasteiger partial charge in [-0.15, -0.1) is 0 Å². The van der Waals surface area contributed by atoms with Gasteiger partial charge < -0.3 is 14.8 Å². The molecule has 0 spiro atoms. The Balaban J connectivity index is 1.19. The normalized spacial score (nSPS) is 28.9. The van der Waals surface area contributed by atoms with Crippen molar-refractivity contribution in [2.24, 2.45) is 23.2 Å². The second-order valence-corrected chi connectivity index (χ2v) is 12.2. The lowest BCUT2D eigenvalue weighted by molar-refractivity contribution is -0.161. The number of esters is 1. The van der Waals surface area contributed by atoms with Gasteiger partial charge in [0, 0.05) is 17.8 Å². The van der Waals surface area contributed by atoms with Crippen LogP contribution >= 0.6 is 0 Å². The average Bonchev–Trinajstić information content (AvgIpc) is 3.27. The van der Waals surface area contributed by atoms with Crippen molar-refractivity contribution in [3.05, 3.63) is 42.6 Å². The van der Waals surface area contributed by atoms with E-state index in [4.69, 9.17) is 14.5 Å². The van der Waals surface area contributed by atoms with Crippen LogP contribution in [-0.2, 0) is 4.79 Å². The zero-order chi connectivity index (χ0) is 25.0. The van der Waals surface area contributed by atoms with Crippen LogP contribution in [0.1, 0.15) is 70.6 Å². The predicted octanol–water partition coefficient (Wildman–Crippen LogP) is 6.88. The molecule has 0 saturated heterocycles. The van der Waals surface area contributed by atoms with Gasteiger partial charge in [0.15, 0.2) is 11.5 Å². The Morgan fingerprint density at radius 2 is 1.70 bits per heavy atom. The molecule has 6 nitrogen and oxygen atoms in total. The van der Waals surface area contributed by atoms with E-state index >= 15 is 0 Å². The van der Waals surface area contributed by atoms with E-state index in [0.29, 0.717) is 35.3 Å². The maximum Gasteiger partial charge on any atom is 0.317 e. The minimum atomic E-state index is -0.295. The lowest BCUT2D eigenvalue weighted by Gasteiger charge is -2.55. The quantitative estimate of drug-likeness (QED) is 0.296. The third kappa shape index (κ3) is 4.09. The monoisotopic (exact) mass is 499 g/mol. The first-order chi connectivity index (χ1) is 18.1. The van der Waals surface area contributed by atoms with Crippen molar-refractivity contribution in [1.29, 1.82) is 0 Å². The Morgan fingerprint density at radius 1 is 0.973 bits per heavy atom. The van der Waals surface area contributed by atoms with Crippen molar-refractivity contribution in [2.45, 2.75) is 76.7 Å². The van der Waals surface area contributed by atoms with Gasteiger partial charge in [0.2, 0.25) is 0 Å². The molecule has 0 unspecified atom stereocenters. The molecule has 5 saturated carbocycles. The number of anilines is 1. The van der Waals surface area contributed by atoms with E-state index in [1.165, 1.54) is 51.4 Å². The minimum absolute atomic E-state index is 0.0509. The van der Waals surface area contributed by atoms with Crippen molar-refractivity contribution in [3.63, 3.8) is 0 Å². The fourth-order valence-electron chi connectivity index (χ4n) is 8.24. The first kappa shape index (κ1) is 23.1. The highest BCUT2D eigenvalue weighted by Crippen LogP contribution is 2.60. The number of ether oxygens (including phenoxy) is 2. The predicted molar refractivity (Wildman–Crippen MR) is 144 cm³/mol. The van der Waals surface area contributed by atoms with Gasteiger partial charge in [-0.1, -0.05) is 25.3 Å². The van der Waals surface area contributed by atoms with E-state index in [9.17, 15) is 4.79 Å². The third-order valence-corrected chi connectivity index (χ3v) is 9.59. The second-order valence-electron chi connectivity index (χ2n) is 12.2. The Morgan fingerprint density at radius 3 is 2.41 bits per heavy atom. The van der Waals surface area contributed by atoms with E-state index in [-0.39, 0.29) is 11.4 Å². The van der Waals surface area contributed by atoms with Crippen LogP contribution in [-0.4, -0.2) is 28.5 Å². The number of rotatable bonds is 6. The van der Waals surface area contributed by atoms with Gasteiger partial charge in [-0.2, -0.15) is 0 Å². The largest absolute Gasteiger partial charge is 0.493 e. The molecule has 2 aromatic heterocycles. The van der Waals surface area contributed by atoms with E-state index in [1.54, 1.807) is 7.11 Å². The molecule has 2 heterocycles. The molecule has 0 aliphatic heterocycles. The smallest absolute Gasteiger partial charge is 0.317 e. The average molecular weight is 500 g/mol. The summed E-state index contributed by atoms with van der Waals surface area (Å²) < 4.78 is 14.0. The molecule has 4 bridgehead atoms. The van der Waals surface area contributed by atoms with Crippen LogP contribution in [0.15, 0.2) is 42.6 Å². The van der Waals surface area contributed by atoms with Gasteiger partial charge in [-0.05, 0) is 99.5 Å². The summed E-state index contributed by atoms with van der Waals surface area (Å²) in [6, 6.07) is 12.4. The molecule has 1 aromatic carbocycles. The number of imidazole rings is 1. The molecule has 0 radical (unpaired) electrons. The fraction of sp³-hybridized carbons (Fsp3) is 0.548. The molecule has 8 rings (SSSR count). The topological polar surface area (TPSA) is 64.9 Å². The summed E-state index contributed by atoms with van der Waals surface area (Å²) in [5.41, 5.74) is 2.46. The molecule has 194 valence electrons. The number of methoxy groups -OCH3 is 1. The molecule has 5 fully saturated rings. The maximum atomic E-state index is 13.6. The van der Waals surface area contributed by atoms with Gasteiger partial charge in [0.25, 0.3) is 0 Å². The first-order valence-electron chi connectivity index (χ1n) is 14.2. The number of hydrogen-bond acceptors (Lipinski definition) is 5. The molecule has 6 heteroatoms. The highest BCUT2D eigenvalue weighted by Gasteiger charge is 2.55. The number of carbonyl (C=O) groups is 1. The summed E-state index contributed by atoms with van der Waals surface area (Å²) in [6.07, 6.45) is 15.2. The Bertz CT molecular complexity index is 1290. The number of carbonyl (C=O) groups excluding carboxylic acids is 1. The Labute approximate surface area is 218 Å². The summed E-state index contributed by atoms with van der Waals surface area (Å²) in [7, 11) is 1.64. The molecule has 5 aliphatic carbocycles. The van der Waals surface area contributed by atoms with Crippen molar-refractivity contribution >= 4 is 17.4 Å². The van der Waals surface area contributed by atoms with E-state index in [0.717, 1.165) is 42.0 Å². The SMILES string of the molecule is COc1cc(-c2nc3ccccn3c2NC2CCCCC2)ccc1OC(=O)C12CC3CC(CC(C3)C1)C2. The molecule has 5 aliphatic rings. The molecular weight excluding hydrogens is 462 g/mol. The number of nitrogens with one attached hydrogen (secondary N) is 1. The molecule has 3 aromatic rings. The number of hydrogen-bond donors (Lipinski definition) is 1. The van der Waals surface area contributed by atoms with Crippen LogP contribution in [0.5, 0.6) is 11.5 Å². The fourth-order valence-corrected chi connectivity index (χ4v) is 8.24. The van der Waals surface area contributed by atoms with Crippen LogP contribution in [0, 0.1) is 23.2 Å². The summed E-state index contributed by atoms with van der Waals surface area (Å²) in [5, 5.41) is 3.80. The van der Waals surface area contributed by atoms with Crippen molar-refractivity contribution < 1.29 is 14.3 Å². The van der Waals surface area contributed by atoms with Crippen LogP contribution in [0.2, 0.25) is 0 Å². The Kier molecular flexibility index (Phi) is 5.67. The summed E-state index contributed by atoms with van der Waals surface area (Å²) in [5.74, 6) is 4.16. The maximum absolute atomic E-state index is 13.6. The Hall–Kier alpha value is -3.02. The second kappa shape index (κ2) is 9.07. The van der Waals surface area contributed by atoms with E-state index in [1.807, 2.05) is 36.4 Å². The zero-order valence-electron chi connectivity index (χ0n) is 21.7. The number of aromatic nitrogens is 2. The summed E-state index contributed by atoms with van der Waals surface area (Å²) >= 11 is 0. The van der Waals surface area contributed by atoms with Gasteiger partial charge in [0.05, 0.1) is 12.5 Å². The third-order valence-electron chi connectivity index (χ3n) is 9.59. The van der Waals surface area contributed by atoms with Crippen molar-refractivity contribution in [1.82, 2.24) is 9.38 Å².